The molecular weight excluding hydrogens is 304 g/mol. The fourth-order valence-corrected chi connectivity index (χ4v) is 3.57. The number of aromatic nitrogens is 1. The molecule has 2 rings (SSSR count). The summed E-state index contributed by atoms with van der Waals surface area (Å²) >= 11 is 1.04. The molecule has 0 amide bonds. The summed E-state index contributed by atoms with van der Waals surface area (Å²) in [6.45, 7) is 3.38. The van der Waals surface area contributed by atoms with Crippen LogP contribution in [0.25, 0.3) is 0 Å². The number of carbonyl (C=O) groups excluding carboxylic acids is 1. The Labute approximate surface area is 118 Å². The lowest BCUT2D eigenvalue weighted by Crippen LogP contribution is -2.13. The van der Waals surface area contributed by atoms with Crippen LogP contribution in [-0.2, 0) is 14.8 Å². The third-order valence-corrected chi connectivity index (χ3v) is 4.77. The van der Waals surface area contributed by atoms with Crippen molar-refractivity contribution in [3.05, 3.63) is 29.0 Å². The summed E-state index contributed by atoms with van der Waals surface area (Å²) in [6, 6.07) is 1.36. The Morgan fingerprint density at radius 1 is 1.50 bits per heavy atom. The maximum Gasteiger partial charge on any atom is 0.268 e. The summed E-state index contributed by atoms with van der Waals surface area (Å²) in [4.78, 5) is 10.0. The molecule has 7 nitrogen and oxygen atoms in total. The topological polar surface area (TPSA) is 98.5 Å². The van der Waals surface area contributed by atoms with Gasteiger partial charge in [-0.15, -0.1) is 11.3 Å². The SMILES string of the molecule is Cc1noc(NS(=O)(=O)c2ccsc2OC=C=O)c1C. The summed E-state index contributed by atoms with van der Waals surface area (Å²) in [6.07, 6.45) is 0.745. The van der Waals surface area contributed by atoms with Crippen LogP contribution < -0.4 is 9.46 Å². The average molecular weight is 314 g/mol. The molecule has 20 heavy (non-hydrogen) atoms. The number of nitrogens with zero attached hydrogens (tertiary/aromatic N) is 1. The van der Waals surface area contributed by atoms with Gasteiger partial charge in [-0.1, -0.05) is 5.16 Å². The predicted molar refractivity (Wildman–Crippen MR) is 72.0 cm³/mol. The van der Waals surface area contributed by atoms with E-state index in [-0.39, 0.29) is 15.8 Å². The first kappa shape index (κ1) is 14.3. The summed E-state index contributed by atoms with van der Waals surface area (Å²) in [5, 5.41) is 5.26. The fraction of sp³-hybridized carbons (Fsp3) is 0.182. The molecule has 0 bridgehead atoms. The second-order valence-corrected chi connectivity index (χ2v) is 6.28. The van der Waals surface area contributed by atoms with E-state index in [0.29, 0.717) is 11.3 Å². The maximum atomic E-state index is 12.2. The van der Waals surface area contributed by atoms with Crippen molar-refractivity contribution in [3.63, 3.8) is 0 Å². The summed E-state index contributed by atoms with van der Waals surface area (Å²) in [7, 11) is -3.89. The van der Waals surface area contributed by atoms with Crippen molar-refractivity contribution in [1.82, 2.24) is 5.16 Å². The molecule has 2 aromatic heterocycles. The van der Waals surface area contributed by atoms with Crippen LogP contribution in [0.4, 0.5) is 5.88 Å². The first-order chi connectivity index (χ1) is 9.45. The van der Waals surface area contributed by atoms with Crippen molar-refractivity contribution < 1.29 is 22.5 Å². The Morgan fingerprint density at radius 3 is 2.85 bits per heavy atom. The molecule has 0 unspecified atom stereocenters. The average Bonchev–Trinajstić information content (AvgIpc) is 2.99. The summed E-state index contributed by atoms with van der Waals surface area (Å²) in [5.41, 5.74) is 1.19. The second-order valence-electron chi connectivity index (χ2n) is 3.75. The Bertz CT molecular complexity index is 769. The zero-order valence-electron chi connectivity index (χ0n) is 10.5. The van der Waals surface area contributed by atoms with E-state index >= 15 is 0 Å². The van der Waals surface area contributed by atoms with Crippen LogP contribution in [-0.4, -0.2) is 19.5 Å². The minimum Gasteiger partial charge on any atom is -0.441 e. The number of aryl methyl sites for hydroxylation is 1. The predicted octanol–water partition coefficient (Wildman–Crippen LogP) is 1.88. The zero-order valence-corrected chi connectivity index (χ0v) is 12.2. The van der Waals surface area contributed by atoms with Crippen LogP contribution in [0.5, 0.6) is 5.06 Å². The molecule has 2 aromatic rings. The molecule has 2 heterocycles. The van der Waals surface area contributed by atoms with Crippen molar-refractivity contribution in [2.24, 2.45) is 0 Å². The largest absolute Gasteiger partial charge is 0.441 e. The zero-order chi connectivity index (χ0) is 14.8. The molecule has 0 aliphatic heterocycles. The van der Waals surface area contributed by atoms with Crippen molar-refractivity contribution >= 4 is 33.2 Å². The molecule has 106 valence electrons. The van der Waals surface area contributed by atoms with Gasteiger partial charge in [0.25, 0.3) is 10.0 Å². The lowest BCUT2D eigenvalue weighted by Gasteiger charge is -2.05. The maximum absolute atomic E-state index is 12.2. The van der Waals surface area contributed by atoms with Crippen LogP contribution >= 0.6 is 11.3 Å². The molecule has 0 fully saturated rings. The third-order valence-electron chi connectivity index (χ3n) is 2.48. The van der Waals surface area contributed by atoms with Crippen LogP contribution in [0.1, 0.15) is 11.3 Å². The Hall–Kier alpha value is -2.09. The van der Waals surface area contributed by atoms with Gasteiger partial charge in [-0.2, -0.15) is 0 Å². The van der Waals surface area contributed by atoms with Gasteiger partial charge < -0.3 is 9.26 Å². The lowest BCUT2D eigenvalue weighted by atomic mass is 10.3. The standard InChI is InChI=1S/C11H10N2O5S2/c1-7-8(2)12-18-10(7)13-20(15,16)9-3-6-19-11(9)17-5-4-14/h3,5-6,13H,1-2H3. The van der Waals surface area contributed by atoms with Gasteiger partial charge in [-0.25, -0.2) is 17.9 Å². The van der Waals surface area contributed by atoms with E-state index in [1.54, 1.807) is 13.8 Å². The molecule has 0 aliphatic carbocycles. The van der Waals surface area contributed by atoms with Crippen molar-refractivity contribution in [1.29, 1.82) is 0 Å². The number of rotatable bonds is 5. The number of hydrogen-bond acceptors (Lipinski definition) is 7. The monoisotopic (exact) mass is 314 g/mol. The molecule has 1 N–H and O–H groups in total. The smallest absolute Gasteiger partial charge is 0.268 e. The van der Waals surface area contributed by atoms with E-state index in [1.165, 1.54) is 17.4 Å². The van der Waals surface area contributed by atoms with Gasteiger partial charge in [0.15, 0.2) is 12.2 Å². The minimum atomic E-state index is -3.89. The van der Waals surface area contributed by atoms with E-state index in [1.807, 2.05) is 0 Å². The van der Waals surface area contributed by atoms with Crippen molar-refractivity contribution in [3.8, 4) is 5.06 Å². The van der Waals surface area contributed by atoms with Gasteiger partial charge in [0.2, 0.25) is 10.9 Å². The number of thiophene rings is 1. The number of hydrogen-bond donors (Lipinski definition) is 1. The van der Waals surface area contributed by atoms with Crippen LogP contribution in [0.3, 0.4) is 0 Å². The molecular formula is C11H10N2O5S2. The Kier molecular flexibility index (Phi) is 3.93. The van der Waals surface area contributed by atoms with E-state index < -0.39 is 10.0 Å². The number of sulfonamides is 1. The highest BCUT2D eigenvalue weighted by molar-refractivity contribution is 7.93. The normalized spacial score (nSPS) is 10.9. The van der Waals surface area contributed by atoms with E-state index in [2.05, 4.69) is 9.88 Å². The van der Waals surface area contributed by atoms with E-state index in [9.17, 15) is 13.2 Å². The van der Waals surface area contributed by atoms with Gasteiger partial charge >= 0.3 is 0 Å². The molecule has 0 spiro atoms. The number of anilines is 1. The minimum absolute atomic E-state index is 0.0468. The van der Waals surface area contributed by atoms with Crippen LogP contribution in [0.15, 0.2) is 27.1 Å². The van der Waals surface area contributed by atoms with Crippen molar-refractivity contribution in [2.75, 3.05) is 4.72 Å². The highest BCUT2D eigenvalue weighted by Crippen LogP contribution is 2.32. The quantitative estimate of drug-likeness (QED) is 0.668. The third kappa shape index (κ3) is 2.74. The van der Waals surface area contributed by atoms with Gasteiger partial charge in [0, 0.05) is 5.56 Å². The first-order valence-corrected chi connectivity index (χ1v) is 7.71. The highest BCUT2D eigenvalue weighted by atomic mass is 32.2. The molecule has 9 heteroatoms. The molecule has 0 atom stereocenters. The van der Waals surface area contributed by atoms with E-state index in [4.69, 9.17) is 9.26 Å². The molecule has 0 saturated carbocycles. The molecule has 0 aromatic carbocycles. The highest BCUT2D eigenvalue weighted by Gasteiger charge is 2.24. The van der Waals surface area contributed by atoms with Crippen LogP contribution in [0, 0.1) is 13.8 Å². The van der Waals surface area contributed by atoms with Gasteiger partial charge in [-0.3, -0.25) is 0 Å². The van der Waals surface area contributed by atoms with Gasteiger partial charge in [-0.05, 0) is 25.3 Å². The lowest BCUT2D eigenvalue weighted by molar-refractivity contribution is 0.430. The Morgan fingerprint density at radius 2 is 2.25 bits per heavy atom. The number of nitrogens with one attached hydrogen (secondary N) is 1. The fourth-order valence-electron chi connectivity index (χ4n) is 1.33. The van der Waals surface area contributed by atoms with Gasteiger partial charge in [0.05, 0.1) is 5.69 Å². The Balaban J connectivity index is 2.33. The number of ether oxygens (including phenoxy) is 1. The molecule has 0 saturated heterocycles. The molecule has 0 aliphatic rings. The summed E-state index contributed by atoms with van der Waals surface area (Å²) < 4.78 is 36.5. The van der Waals surface area contributed by atoms with Crippen LogP contribution in [0.2, 0.25) is 0 Å². The van der Waals surface area contributed by atoms with Crippen molar-refractivity contribution in [2.45, 2.75) is 18.7 Å². The molecule has 0 radical (unpaired) electrons. The van der Waals surface area contributed by atoms with E-state index in [0.717, 1.165) is 17.6 Å². The first-order valence-electron chi connectivity index (χ1n) is 5.35. The second kappa shape index (κ2) is 5.49. The van der Waals surface area contributed by atoms with Gasteiger partial charge in [0.1, 0.15) is 4.90 Å². The summed E-state index contributed by atoms with van der Waals surface area (Å²) in [5.74, 6) is 1.46.